The van der Waals surface area contributed by atoms with Crippen LogP contribution in [0.5, 0.6) is 11.5 Å². The first-order valence-electron chi connectivity index (χ1n) is 14.7. The van der Waals surface area contributed by atoms with Crippen molar-refractivity contribution in [3.8, 4) is 11.5 Å². The van der Waals surface area contributed by atoms with Crippen LogP contribution in [0.25, 0.3) is 21.0 Å². The summed E-state index contributed by atoms with van der Waals surface area (Å²) < 4.78 is 18.9. The molecule has 0 unspecified atom stereocenters. The van der Waals surface area contributed by atoms with Gasteiger partial charge in [0.15, 0.2) is 6.73 Å². The Morgan fingerprint density at radius 3 is 2.49 bits per heavy atom. The lowest BCUT2D eigenvalue weighted by molar-refractivity contribution is -0.384. The fourth-order valence-corrected chi connectivity index (χ4v) is 6.27. The van der Waals surface area contributed by atoms with E-state index in [2.05, 4.69) is 39.4 Å². The highest BCUT2D eigenvalue weighted by Gasteiger charge is 2.18. The second-order valence-electron chi connectivity index (χ2n) is 10.7. The van der Waals surface area contributed by atoms with Crippen LogP contribution in [0.2, 0.25) is 0 Å². The molecule has 0 aliphatic carbocycles. The van der Waals surface area contributed by atoms with Gasteiger partial charge >= 0.3 is 6.16 Å². The van der Waals surface area contributed by atoms with Crippen molar-refractivity contribution in [2.24, 2.45) is 0 Å². The van der Waals surface area contributed by atoms with Crippen LogP contribution < -0.4 is 19.9 Å². The monoisotopic (exact) mass is 628 g/mol. The maximum absolute atomic E-state index is 12.6. The zero-order valence-electron chi connectivity index (χ0n) is 24.5. The maximum atomic E-state index is 12.6. The average molecular weight is 629 g/mol. The van der Waals surface area contributed by atoms with E-state index in [0.717, 1.165) is 51.0 Å². The van der Waals surface area contributed by atoms with E-state index in [1.165, 1.54) is 50.7 Å². The zero-order valence-corrected chi connectivity index (χ0v) is 25.3. The summed E-state index contributed by atoms with van der Waals surface area (Å²) in [5.74, 6) is 0.701. The molecule has 1 saturated heterocycles. The Balaban J connectivity index is 0.967. The summed E-state index contributed by atoms with van der Waals surface area (Å²) in [6, 6.07) is 22.3. The lowest BCUT2D eigenvalue weighted by Crippen LogP contribution is -2.46. The second kappa shape index (κ2) is 13.8. The Morgan fingerprint density at radius 2 is 1.69 bits per heavy atom. The molecule has 3 heterocycles. The van der Waals surface area contributed by atoms with E-state index < -0.39 is 11.1 Å². The Hall–Kier alpha value is -4.94. The highest BCUT2D eigenvalue weighted by Crippen LogP contribution is 2.31. The number of anilines is 1. The van der Waals surface area contributed by atoms with Gasteiger partial charge in [0, 0.05) is 66.2 Å². The molecule has 0 saturated carbocycles. The Kier molecular flexibility index (Phi) is 9.22. The Morgan fingerprint density at radius 1 is 0.911 bits per heavy atom. The normalized spacial score (nSPS) is 13.6. The fourth-order valence-electron chi connectivity index (χ4n) is 5.46. The third-order valence-electron chi connectivity index (χ3n) is 7.85. The van der Waals surface area contributed by atoms with Crippen LogP contribution >= 0.6 is 11.3 Å². The van der Waals surface area contributed by atoms with Gasteiger partial charge in [-0.25, -0.2) is 4.79 Å². The number of rotatable bonds is 11. The highest BCUT2D eigenvalue weighted by atomic mass is 32.1. The van der Waals surface area contributed by atoms with Crippen LogP contribution in [0, 0.1) is 10.1 Å². The molecule has 5 aromatic rings. The van der Waals surface area contributed by atoms with Crippen molar-refractivity contribution in [1.82, 2.24) is 9.47 Å². The molecule has 3 aromatic carbocycles. The number of hydrogen-bond donors (Lipinski definition) is 0. The third kappa shape index (κ3) is 7.24. The van der Waals surface area contributed by atoms with Gasteiger partial charge in [0.05, 0.1) is 17.0 Å². The molecule has 0 spiro atoms. The zero-order chi connectivity index (χ0) is 31.2. The SMILES string of the molecule is O=C(OCn1c(=O)ccc2ccc(OCCCCN3CCN(c4cccc5sccc45)CC3)cc21)Oc1ccc([N+](=O)[O-])cc1. The number of ether oxygens (including phenoxy) is 3. The van der Waals surface area contributed by atoms with E-state index >= 15 is 0 Å². The van der Waals surface area contributed by atoms with E-state index in [-0.39, 0.29) is 23.7 Å². The molecule has 1 fully saturated rings. The maximum Gasteiger partial charge on any atom is 0.515 e. The van der Waals surface area contributed by atoms with Crippen LogP contribution in [0.3, 0.4) is 0 Å². The molecule has 2 aromatic heterocycles. The Bertz CT molecular complexity index is 1860. The number of piperazine rings is 1. The van der Waals surface area contributed by atoms with Gasteiger partial charge in [-0.3, -0.25) is 24.4 Å². The molecule has 11 nitrogen and oxygen atoms in total. The number of nitrogens with zero attached hydrogens (tertiary/aromatic N) is 4. The molecule has 0 bridgehead atoms. The van der Waals surface area contributed by atoms with Crippen molar-refractivity contribution >= 4 is 49.9 Å². The molecule has 232 valence electrons. The molecular weight excluding hydrogens is 596 g/mol. The molecule has 1 aliphatic heterocycles. The van der Waals surface area contributed by atoms with Gasteiger partial charge in [-0.05, 0) is 78.7 Å². The number of carbonyl (C=O) groups excluding carboxylic acids is 1. The number of hydrogen-bond acceptors (Lipinski definition) is 10. The summed E-state index contributed by atoms with van der Waals surface area (Å²) in [4.78, 5) is 40.1. The number of benzene rings is 3. The first kappa shape index (κ1) is 30.1. The molecule has 12 heteroatoms. The predicted octanol–water partition coefficient (Wildman–Crippen LogP) is 6.28. The minimum Gasteiger partial charge on any atom is -0.494 e. The smallest absolute Gasteiger partial charge is 0.494 e. The summed E-state index contributed by atoms with van der Waals surface area (Å²) >= 11 is 1.78. The largest absolute Gasteiger partial charge is 0.515 e. The molecule has 45 heavy (non-hydrogen) atoms. The number of unbranched alkanes of at least 4 members (excludes halogenated alkanes) is 1. The van der Waals surface area contributed by atoms with Gasteiger partial charge < -0.3 is 19.1 Å². The van der Waals surface area contributed by atoms with Crippen molar-refractivity contribution in [3.05, 3.63) is 105 Å². The third-order valence-corrected chi connectivity index (χ3v) is 8.73. The van der Waals surface area contributed by atoms with Crippen molar-refractivity contribution in [3.63, 3.8) is 0 Å². The topological polar surface area (TPSA) is 116 Å². The quantitative estimate of drug-likeness (QED) is 0.0548. The summed E-state index contributed by atoms with van der Waals surface area (Å²) in [6.45, 7) is 5.29. The van der Waals surface area contributed by atoms with Crippen molar-refractivity contribution < 1.29 is 23.9 Å². The van der Waals surface area contributed by atoms with Crippen LogP contribution in [-0.2, 0) is 11.5 Å². The van der Waals surface area contributed by atoms with Gasteiger partial charge in [-0.1, -0.05) is 6.07 Å². The molecule has 0 amide bonds. The summed E-state index contributed by atoms with van der Waals surface area (Å²) in [5.41, 5.74) is 1.40. The number of thiophene rings is 1. The van der Waals surface area contributed by atoms with Crippen LogP contribution in [0.1, 0.15) is 12.8 Å². The number of pyridine rings is 1. The molecule has 0 radical (unpaired) electrons. The molecule has 0 atom stereocenters. The minimum absolute atomic E-state index is 0.0841. The summed E-state index contributed by atoms with van der Waals surface area (Å²) in [7, 11) is 0. The van der Waals surface area contributed by atoms with Gasteiger partial charge in [0.25, 0.3) is 11.2 Å². The number of aromatic nitrogens is 1. The number of non-ortho nitro benzene ring substituents is 1. The van der Waals surface area contributed by atoms with Crippen LogP contribution in [0.4, 0.5) is 16.2 Å². The number of nitro benzene ring substituents is 1. The molecule has 0 N–H and O–H groups in total. The average Bonchev–Trinajstić information content (AvgIpc) is 3.54. The fraction of sp³-hybridized carbons (Fsp3) is 0.273. The lowest BCUT2D eigenvalue weighted by atomic mass is 10.2. The molecule has 6 rings (SSSR count). The van der Waals surface area contributed by atoms with E-state index in [1.54, 1.807) is 23.5 Å². The lowest BCUT2D eigenvalue weighted by Gasteiger charge is -2.36. The van der Waals surface area contributed by atoms with Crippen molar-refractivity contribution in [2.75, 3.05) is 44.2 Å². The number of carbonyl (C=O) groups is 1. The minimum atomic E-state index is -1.04. The van der Waals surface area contributed by atoms with E-state index in [4.69, 9.17) is 14.2 Å². The standard InChI is InChI=1S/C33H32N4O7S/c38-32-13-7-24-6-10-27(22-30(24)36(32)23-43-33(39)44-26-11-8-25(9-12-26)37(40)41)42-20-2-1-15-34-16-18-35(19-17-34)29-4-3-5-31-28(29)14-21-45-31/h3-14,21-22H,1-2,15-20,23H2. The summed E-state index contributed by atoms with van der Waals surface area (Å²) in [5, 5.41) is 15.1. The predicted molar refractivity (Wildman–Crippen MR) is 174 cm³/mol. The van der Waals surface area contributed by atoms with Gasteiger partial charge in [0.2, 0.25) is 0 Å². The molecular formula is C33H32N4O7S. The van der Waals surface area contributed by atoms with Crippen LogP contribution in [-0.4, -0.2) is 59.9 Å². The van der Waals surface area contributed by atoms with Gasteiger partial charge in [-0.15, -0.1) is 11.3 Å². The van der Waals surface area contributed by atoms with E-state index in [0.29, 0.717) is 17.9 Å². The van der Waals surface area contributed by atoms with Gasteiger partial charge in [-0.2, -0.15) is 0 Å². The second-order valence-corrected chi connectivity index (χ2v) is 11.6. The first-order chi connectivity index (χ1) is 21.9. The van der Waals surface area contributed by atoms with E-state index in [1.807, 2.05) is 12.1 Å². The highest BCUT2D eigenvalue weighted by molar-refractivity contribution is 7.17. The number of fused-ring (bicyclic) bond motifs is 2. The Labute approximate surface area is 262 Å². The summed E-state index contributed by atoms with van der Waals surface area (Å²) in [6.07, 6.45) is 0.871. The van der Waals surface area contributed by atoms with Crippen LogP contribution in [0.15, 0.2) is 89.0 Å². The van der Waals surface area contributed by atoms with Crippen molar-refractivity contribution in [2.45, 2.75) is 19.6 Å². The first-order valence-corrected chi connectivity index (χ1v) is 15.6. The number of nitro groups is 1. The van der Waals surface area contributed by atoms with Crippen molar-refractivity contribution in [1.29, 1.82) is 0 Å². The van der Waals surface area contributed by atoms with E-state index in [9.17, 15) is 19.7 Å². The van der Waals surface area contributed by atoms with Gasteiger partial charge in [0.1, 0.15) is 11.5 Å². The molecule has 1 aliphatic rings.